The Bertz CT molecular complexity index is 1180. The zero-order valence-electron chi connectivity index (χ0n) is 18.6. The molecule has 2 aromatic carbocycles. The van der Waals surface area contributed by atoms with Crippen LogP contribution in [0.3, 0.4) is 0 Å². The Hall–Kier alpha value is -2.79. The van der Waals surface area contributed by atoms with Gasteiger partial charge >= 0.3 is 12.3 Å². The van der Waals surface area contributed by atoms with Gasteiger partial charge in [0.05, 0.1) is 5.92 Å². The van der Waals surface area contributed by atoms with Gasteiger partial charge in [-0.2, -0.15) is 4.31 Å². The van der Waals surface area contributed by atoms with Gasteiger partial charge in [-0.15, -0.1) is 13.2 Å². The molecule has 0 aromatic heterocycles. The quantitative estimate of drug-likeness (QED) is 0.675. The van der Waals surface area contributed by atoms with Crippen LogP contribution in [0.4, 0.5) is 18.9 Å². The van der Waals surface area contributed by atoms with Gasteiger partial charge in [0.25, 0.3) is 0 Å². The molecule has 34 heavy (non-hydrogen) atoms. The number of aliphatic carboxylic acids is 1. The summed E-state index contributed by atoms with van der Waals surface area (Å²) < 4.78 is 70.9. The van der Waals surface area contributed by atoms with Crippen LogP contribution < -0.4 is 9.64 Å². The second-order valence-electron chi connectivity index (χ2n) is 8.79. The first-order chi connectivity index (χ1) is 15.9. The van der Waals surface area contributed by atoms with Crippen LogP contribution in [0.2, 0.25) is 0 Å². The maximum absolute atomic E-state index is 13.8. The van der Waals surface area contributed by atoms with Crippen molar-refractivity contribution in [2.24, 2.45) is 5.92 Å². The molecule has 0 bridgehead atoms. The SMILES string of the molecule is CC1CN(c2cccc(OC(F)(F)F)c2)CC(C)N1S(=O)(=O)[C@@H]1c2ccccc2C[C@@H]1C(=O)O. The number of nitrogens with zero attached hydrogens (tertiary/aromatic N) is 2. The van der Waals surface area contributed by atoms with E-state index in [0.717, 1.165) is 0 Å². The highest BCUT2D eigenvalue weighted by Crippen LogP contribution is 2.44. The number of carboxylic acid groups (broad SMARTS) is 1. The molecule has 0 spiro atoms. The van der Waals surface area contributed by atoms with Gasteiger partial charge in [0, 0.05) is 36.9 Å². The summed E-state index contributed by atoms with van der Waals surface area (Å²) in [6, 6.07) is 11.4. The molecular formula is C23H25F3N2O5S. The van der Waals surface area contributed by atoms with E-state index >= 15 is 0 Å². The fourth-order valence-electron chi connectivity index (χ4n) is 5.17. The molecule has 1 heterocycles. The molecule has 7 nitrogen and oxygen atoms in total. The van der Waals surface area contributed by atoms with Crippen LogP contribution in [0.5, 0.6) is 5.75 Å². The van der Waals surface area contributed by atoms with E-state index in [4.69, 9.17) is 0 Å². The first-order valence-electron chi connectivity index (χ1n) is 10.8. The van der Waals surface area contributed by atoms with Crippen LogP contribution in [0, 0.1) is 5.92 Å². The number of anilines is 1. The topological polar surface area (TPSA) is 87.2 Å². The molecule has 1 fully saturated rings. The van der Waals surface area contributed by atoms with E-state index in [1.165, 1.54) is 22.5 Å². The molecule has 0 saturated carbocycles. The van der Waals surface area contributed by atoms with Gasteiger partial charge in [0.15, 0.2) is 0 Å². The Kier molecular flexibility index (Phi) is 6.28. The Labute approximate surface area is 195 Å². The predicted molar refractivity (Wildman–Crippen MR) is 119 cm³/mol. The molecule has 4 rings (SSSR count). The van der Waals surface area contributed by atoms with Crippen molar-refractivity contribution in [2.45, 2.75) is 44.0 Å². The second-order valence-corrected chi connectivity index (χ2v) is 10.8. The van der Waals surface area contributed by atoms with E-state index in [1.54, 1.807) is 44.2 Å². The number of hydrogen-bond donors (Lipinski definition) is 1. The van der Waals surface area contributed by atoms with Crippen molar-refractivity contribution in [3.8, 4) is 5.75 Å². The van der Waals surface area contributed by atoms with Crippen molar-refractivity contribution < 1.29 is 36.2 Å². The molecule has 2 unspecified atom stereocenters. The number of benzene rings is 2. The fraction of sp³-hybridized carbons (Fsp3) is 0.435. The highest BCUT2D eigenvalue weighted by molar-refractivity contribution is 7.89. The third-order valence-electron chi connectivity index (χ3n) is 6.35. The number of sulfonamides is 1. The third kappa shape index (κ3) is 4.58. The van der Waals surface area contributed by atoms with Gasteiger partial charge in [0.2, 0.25) is 10.0 Å². The maximum atomic E-state index is 13.8. The molecule has 0 amide bonds. The smallest absolute Gasteiger partial charge is 0.481 e. The first kappa shape index (κ1) is 24.3. The highest BCUT2D eigenvalue weighted by atomic mass is 32.2. The highest BCUT2D eigenvalue weighted by Gasteiger charge is 2.50. The molecule has 2 aromatic rings. The monoisotopic (exact) mass is 498 g/mol. The number of halogens is 3. The van der Waals surface area contributed by atoms with Gasteiger partial charge in [-0.1, -0.05) is 30.3 Å². The van der Waals surface area contributed by atoms with E-state index in [2.05, 4.69) is 4.74 Å². The molecule has 2 aliphatic rings. The average Bonchev–Trinajstić information content (AvgIpc) is 3.13. The summed E-state index contributed by atoms with van der Waals surface area (Å²) in [5.74, 6) is -2.60. The average molecular weight is 499 g/mol. The minimum Gasteiger partial charge on any atom is -0.481 e. The lowest BCUT2D eigenvalue weighted by Gasteiger charge is -2.45. The zero-order chi connectivity index (χ0) is 24.8. The summed E-state index contributed by atoms with van der Waals surface area (Å²) in [7, 11) is -4.05. The van der Waals surface area contributed by atoms with E-state index < -0.39 is 45.6 Å². The molecular weight excluding hydrogens is 473 g/mol. The maximum Gasteiger partial charge on any atom is 0.573 e. The van der Waals surface area contributed by atoms with Gasteiger partial charge in [-0.05, 0) is 43.5 Å². The summed E-state index contributed by atoms with van der Waals surface area (Å²) in [4.78, 5) is 13.8. The Morgan fingerprint density at radius 1 is 1.06 bits per heavy atom. The number of piperazine rings is 1. The van der Waals surface area contributed by atoms with Gasteiger partial charge < -0.3 is 14.7 Å². The third-order valence-corrected chi connectivity index (χ3v) is 8.89. The Morgan fingerprint density at radius 3 is 2.32 bits per heavy atom. The molecule has 4 atom stereocenters. The van der Waals surface area contributed by atoms with Crippen molar-refractivity contribution in [2.75, 3.05) is 18.0 Å². The van der Waals surface area contributed by atoms with Crippen LogP contribution >= 0.6 is 0 Å². The number of ether oxygens (including phenoxy) is 1. The largest absolute Gasteiger partial charge is 0.573 e. The Balaban J connectivity index is 1.61. The minimum absolute atomic E-state index is 0.143. The lowest BCUT2D eigenvalue weighted by molar-refractivity contribution is -0.274. The van der Waals surface area contributed by atoms with Crippen LogP contribution in [0.1, 0.15) is 30.2 Å². The number of alkyl halides is 3. The van der Waals surface area contributed by atoms with Gasteiger partial charge in [0.1, 0.15) is 11.0 Å². The van der Waals surface area contributed by atoms with Crippen molar-refractivity contribution >= 4 is 21.7 Å². The van der Waals surface area contributed by atoms with Crippen LogP contribution in [0.25, 0.3) is 0 Å². The van der Waals surface area contributed by atoms with E-state index in [1.807, 2.05) is 4.90 Å². The summed E-state index contributed by atoms with van der Waals surface area (Å²) in [6.45, 7) is 3.89. The van der Waals surface area contributed by atoms with Crippen molar-refractivity contribution in [1.29, 1.82) is 0 Å². The number of carboxylic acids is 1. The molecule has 184 valence electrons. The molecule has 1 aliphatic heterocycles. The van der Waals surface area contributed by atoms with Gasteiger partial charge in [-0.25, -0.2) is 8.42 Å². The van der Waals surface area contributed by atoms with Crippen molar-refractivity contribution in [3.63, 3.8) is 0 Å². The normalized spacial score (nSPS) is 25.7. The molecule has 1 saturated heterocycles. The summed E-state index contributed by atoms with van der Waals surface area (Å²) in [5.41, 5.74) is 1.70. The van der Waals surface area contributed by atoms with E-state index in [-0.39, 0.29) is 25.3 Å². The molecule has 1 aliphatic carbocycles. The lowest BCUT2D eigenvalue weighted by atomic mass is 10.1. The summed E-state index contributed by atoms with van der Waals surface area (Å²) >= 11 is 0. The van der Waals surface area contributed by atoms with E-state index in [0.29, 0.717) is 16.8 Å². The number of hydrogen-bond acceptors (Lipinski definition) is 5. The second kappa shape index (κ2) is 8.77. The predicted octanol–water partition coefficient (Wildman–Crippen LogP) is 3.81. The van der Waals surface area contributed by atoms with Crippen LogP contribution in [0.15, 0.2) is 48.5 Å². The van der Waals surface area contributed by atoms with Gasteiger partial charge in [-0.3, -0.25) is 4.79 Å². The number of carbonyl (C=O) groups is 1. The zero-order valence-corrected chi connectivity index (χ0v) is 19.4. The van der Waals surface area contributed by atoms with Crippen molar-refractivity contribution in [1.82, 2.24) is 4.31 Å². The molecule has 0 radical (unpaired) electrons. The first-order valence-corrected chi connectivity index (χ1v) is 12.3. The summed E-state index contributed by atoms with van der Waals surface area (Å²) in [5, 5.41) is 8.57. The molecule has 1 N–H and O–H groups in total. The van der Waals surface area contributed by atoms with Crippen LogP contribution in [-0.2, 0) is 21.2 Å². The fourth-order valence-corrected chi connectivity index (χ4v) is 7.75. The Morgan fingerprint density at radius 2 is 1.71 bits per heavy atom. The van der Waals surface area contributed by atoms with Crippen molar-refractivity contribution in [3.05, 3.63) is 59.7 Å². The number of fused-ring (bicyclic) bond motifs is 1. The summed E-state index contributed by atoms with van der Waals surface area (Å²) in [6.07, 6.45) is -4.67. The lowest BCUT2D eigenvalue weighted by Crippen LogP contribution is -2.59. The number of rotatable bonds is 5. The van der Waals surface area contributed by atoms with E-state index in [9.17, 15) is 31.5 Å². The minimum atomic E-state index is -4.82. The molecule has 11 heteroatoms. The standard InChI is InChI=1S/C23H25F3N2O5S/c1-14-12-27(17-7-5-8-18(11-17)33-23(24,25)26)13-15(2)28(14)34(31,32)21-19-9-4-3-6-16(19)10-20(21)22(29)30/h3-9,11,14-15,20-21H,10,12-13H2,1-2H3,(H,29,30)/t14?,15?,20-,21+/m0/s1. The van der Waals surface area contributed by atoms with Crippen LogP contribution in [-0.4, -0.2) is 55.3 Å².